The van der Waals surface area contributed by atoms with Crippen molar-refractivity contribution in [3.05, 3.63) is 68.6 Å². The molecule has 0 aliphatic carbocycles. The molecule has 8 heteroatoms. The van der Waals surface area contributed by atoms with Crippen LogP contribution in [-0.4, -0.2) is 23.2 Å². The standard InChI is InChI=1S/C21H22Br2N4O2/c1-14(16-6-10-18(22)11-7-16)24-26-20(28)4-3-5-21(29)27-25-15(2)17-8-12-19(23)13-9-17/h6-13H,3-5H2,1-2H3,(H,26,28)(H,27,29). The van der Waals surface area contributed by atoms with Gasteiger partial charge in [-0.25, -0.2) is 10.9 Å². The maximum atomic E-state index is 11.9. The van der Waals surface area contributed by atoms with E-state index >= 15 is 0 Å². The zero-order chi connectivity index (χ0) is 21.2. The molecule has 0 spiro atoms. The Bertz CT molecular complexity index is 832. The van der Waals surface area contributed by atoms with Crippen molar-refractivity contribution in [1.82, 2.24) is 10.9 Å². The summed E-state index contributed by atoms with van der Waals surface area (Å²) >= 11 is 6.76. The summed E-state index contributed by atoms with van der Waals surface area (Å²) in [6, 6.07) is 15.3. The molecule has 0 bridgehead atoms. The molecule has 0 aliphatic rings. The van der Waals surface area contributed by atoms with E-state index in [1.165, 1.54) is 0 Å². The summed E-state index contributed by atoms with van der Waals surface area (Å²) in [4.78, 5) is 23.8. The number of rotatable bonds is 8. The first-order valence-corrected chi connectivity index (χ1v) is 10.6. The monoisotopic (exact) mass is 520 g/mol. The van der Waals surface area contributed by atoms with Crippen molar-refractivity contribution in [3.8, 4) is 0 Å². The summed E-state index contributed by atoms with van der Waals surface area (Å²) in [6.45, 7) is 3.64. The predicted octanol–water partition coefficient (Wildman–Crippen LogP) is 4.76. The van der Waals surface area contributed by atoms with E-state index in [-0.39, 0.29) is 24.7 Å². The maximum Gasteiger partial charge on any atom is 0.240 e. The van der Waals surface area contributed by atoms with Gasteiger partial charge in [-0.1, -0.05) is 56.1 Å². The van der Waals surface area contributed by atoms with Gasteiger partial charge in [0.15, 0.2) is 0 Å². The van der Waals surface area contributed by atoms with E-state index in [2.05, 4.69) is 52.9 Å². The van der Waals surface area contributed by atoms with Gasteiger partial charge in [-0.15, -0.1) is 0 Å². The molecule has 2 aromatic rings. The van der Waals surface area contributed by atoms with Crippen LogP contribution in [0.2, 0.25) is 0 Å². The molecule has 29 heavy (non-hydrogen) atoms. The molecule has 0 saturated carbocycles. The van der Waals surface area contributed by atoms with Crippen molar-refractivity contribution in [2.75, 3.05) is 0 Å². The van der Waals surface area contributed by atoms with Gasteiger partial charge in [-0.2, -0.15) is 10.2 Å². The number of hydrogen-bond acceptors (Lipinski definition) is 4. The highest BCUT2D eigenvalue weighted by atomic mass is 79.9. The normalized spacial score (nSPS) is 11.9. The fraction of sp³-hybridized carbons (Fsp3) is 0.238. The summed E-state index contributed by atoms with van der Waals surface area (Å²) in [5.74, 6) is -0.465. The molecule has 0 saturated heterocycles. The largest absolute Gasteiger partial charge is 0.273 e. The van der Waals surface area contributed by atoms with Gasteiger partial charge in [0.05, 0.1) is 11.4 Å². The first kappa shape index (κ1) is 23.0. The third-order valence-electron chi connectivity index (χ3n) is 4.03. The van der Waals surface area contributed by atoms with Gasteiger partial charge in [0, 0.05) is 21.8 Å². The van der Waals surface area contributed by atoms with Crippen LogP contribution < -0.4 is 10.9 Å². The number of hydrazone groups is 2. The molecular weight excluding hydrogens is 500 g/mol. The fourth-order valence-corrected chi connectivity index (χ4v) is 2.85. The highest BCUT2D eigenvalue weighted by Crippen LogP contribution is 2.12. The molecule has 2 N–H and O–H groups in total. The molecule has 2 aromatic carbocycles. The summed E-state index contributed by atoms with van der Waals surface area (Å²) < 4.78 is 1.96. The first-order chi connectivity index (χ1) is 13.8. The summed E-state index contributed by atoms with van der Waals surface area (Å²) in [5, 5.41) is 8.19. The number of carbonyl (C=O) groups excluding carboxylic acids is 2. The lowest BCUT2D eigenvalue weighted by atomic mass is 10.1. The fourth-order valence-electron chi connectivity index (χ4n) is 2.32. The van der Waals surface area contributed by atoms with Crippen LogP contribution in [0, 0.1) is 0 Å². The molecular formula is C21H22Br2N4O2. The van der Waals surface area contributed by atoms with Crippen LogP contribution in [0.1, 0.15) is 44.2 Å². The highest BCUT2D eigenvalue weighted by molar-refractivity contribution is 9.10. The summed E-state index contributed by atoms with van der Waals surface area (Å²) in [5.41, 5.74) is 8.30. The number of carbonyl (C=O) groups is 2. The van der Waals surface area contributed by atoms with Crippen molar-refractivity contribution >= 4 is 55.1 Å². The van der Waals surface area contributed by atoms with Gasteiger partial charge in [0.1, 0.15) is 0 Å². The highest BCUT2D eigenvalue weighted by Gasteiger charge is 2.06. The second-order valence-corrected chi connectivity index (χ2v) is 8.16. The molecule has 6 nitrogen and oxygen atoms in total. The molecule has 0 aromatic heterocycles. The average Bonchev–Trinajstić information content (AvgIpc) is 2.71. The number of hydrogen-bond donors (Lipinski definition) is 2. The third kappa shape index (κ3) is 8.29. The van der Waals surface area contributed by atoms with Gasteiger partial charge in [0.2, 0.25) is 11.8 Å². The maximum absolute atomic E-state index is 11.9. The zero-order valence-corrected chi connectivity index (χ0v) is 19.4. The van der Waals surface area contributed by atoms with E-state index in [1.807, 2.05) is 62.4 Å². The van der Waals surface area contributed by atoms with Crippen LogP contribution in [0.5, 0.6) is 0 Å². The van der Waals surface area contributed by atoms with Gasteiger partial charge >= 0.3 is 0 Å². The van der Waals surface area contributed by atoms with Crippen molar-refractivity contribution < 1.29 is 9.59 Å². The number of amides is 2. The molecule has 0 heterocycles. The van der Waals surface area contributed by atoms with Crippen LogP contribution in [-0.2, 0) is 9.59 Å². The zero-order valence-electron chi connectivity index (χ0n) is 16.2. The number of nitrogens with one attached hydrogen (secondary N) is 2. The average molecular weight is 522 g/mol. The molecule has 0 atom stereocenters. The lowest BCUT2D eigenvalue weighted by molar-refractivity contribution is -0.122. The number of nitrogens with zero attached hydrogens (tertiary/aromatic N) is 2. The second kappa shape index (κ2) is 11.6. The second-order valence-electron chi connectivity index (χ2n) is 6.33. The lowest BCUT2D eigenvalue weighted by Crippen LogP contribution is -2.21. The number of halogens is 2. The Balaban J connectivity index is 1.71. The minimum absolute atomic E-state index is 0.208. The van der Waals surface area contributed by atoms with Crippen molar-refractivity contribution in [1.29, 1.82) is 0 Å². The lowest BCUT2D eigenvalue weighted by Gasteiger charge is -2.04. The SMILES string of the molecule is CC(=NNC(=O)CCCC(=O)NN=C(C)c1ccc(Br)cc1)c1ccc(Br)cc1. The Morgan fingerprint density at radius 3 is 1.41 bits per heavy atom. The Morgan fingerprint density at radius 1 is 0.724 bits per heavy atom. The van der Waals surface area contributed by atoms with Crippen LogP contribution in [0.3, 0.4) is 0 Å². The van der Waals surface area contributed by atoms with E-state index in [0.29, 0.717) is 17.8 Å². The molecule has 0 radical (unpaired) electrons. The molecule has 2 rings (SSSR count). The van der Waals surface area contributed by atoms with E-state index in [0.717, 1.165) is 20.1 Å². The van der Waals surface area contributed by atoms with Crippen molar-refractivity contribution in [2.24, 2.45) is 10.2 Å². The molecule has 0 unspecified atom stereocenters. The summed E-state index contributed by atoms with van der Waals surface area (Å²) in [6.07, 6.45) is 0.831. The molecule has 0 fully saturated rings. The third-order valence-corrected chi connectivity index (χ3v) is 5.09. The van der Waals surface area contributed by atoms with E-state index in [9.17, 15) is 9.59 Å². The van der Waals surface area contributed by atoms with Gasteiger partial charge in [-0.05, 0) is 55.7 Å². The Hall–Kier alpha value is -2.32. The smallest absolute Gasteiger partial charge is 0.240 e. The Morgan fingerprint density at radius 2 is 1.07 bits per heavy atom. The van der Waals surface area contributed by atoms with Crippen molar-refractivity contribution in [2.45, 2.75) is 33.1 Å². The van der Waals surface area contributed by atoms with Crippen LogP contribution in [0.25, 0.3) is 0 Å². The molecule has 2 amide bonds. The minimum Gasteiger partial charge on any atom is -0.273 e. The van der Waals surface area contributed by atoms with E-state index in [4.69, 9.17) is 0 Å². The molecule has 0 aliphatic heterocycles. The van der Waals surface area contributed by atoms with Gasteiger partial charge in [-0.3, -0.25) is 9.59 Å². The van der Waals surface area contributed by atoms with Gasteiger partial charge < -0.3 is 0 Å². The minimum atomic E-state index is -0.233. The van der Waals surface area contributed by atoms with E-state index in [1.54, 1.807) is 0 Å². The van der Waals surface area contributed by atoms with Crippen LogP contribution >= 0.6 is 31.9 Å². The van der Waals surface area contributed by atoms with E-state index < -0.39 is 0 Å². The Labute approximate surface area is 187 Å². The predicted molar refractivity (Wildman–Crippen MR) is 123 cm³/mol. The summed E-state index contributed by atoms with van der Waals surface area (Å²) in [7, 11) is 0. The topological polar surface area (TPSA) is 82.9 Å². The quantitative estimate of drug-likeness (QED) is 0.387. The van der Waals surface area contributed by atoms with Crippen LogP contribution in [0.4, 0.5) is 0 Å². The Kier molecular flexibility index (Phi) is 9.21. The molecule has 152 valence electrons. The first-order valence-electron chi connectivity index (χ1n) is 9.03. The van der Waals surface area contributed by atoms with Crippen LogP contribution in [0.15, 0.2) is 67.7 Å². The van der Waals surface area contributed by atoms with Gasteiger partial charge in [0.25, 0.3) is 0 Å². The van der Waals surface area contributed by atoms with Crippen molar-refractivity contribution in [3.63, 3.8) is 0 Å². The number of benzene rings is 2.